The Morgan fingerprint density at radius 3 is 2.49 bits per heavy atom. The van der Waals surface area contributed by atoms with Crippen LogP contribution < -0.4 is 15.0 Å². The van der Waals surface area contributed by atoms with Gasteiger partial charge in [0, 0.05) is 97.7 Å². The number of nitrogens with zero attached hydrogens (tertiary/aromatic N) is 4. The number of pyridine rings is 1. The van der Waals surface area contributed by atoms with Crippen molar-refractivity contribution in [3.8, 4) is 11.4 Å². The van der Waals surface area contributed by atoms with Crippen LogP contribution in [-0.2, 0) is 25.4 Å². The number of benzene rings is 1. The van der Waals surface area contributed by atoms with E-state index in [0.717, 1.165) is 97.4 Å². The SMILES string of the molecule is C=CC(=O)Nc1cc(Cc2cc(-n3ccnc3C(=C\C)/C3=C(\Cl)C/C(OC)=C\CC(OC)=C3Cl)ccn2)c(OC)cc1N1CCC2(CCOCC2)CC1. The van der Waals surface area contributed by atoms with Crippen LogP contribution in [0.4, 0.5) is 11.4 Å². The van der Waals surface area contributed by atoms with Gasteiger partial charge in [0.05, 0.1) is 49.2 Å². The second-order valence-electron chi connectivity index (χ2n) is 13.5. The summed E-state index contributed by atoms with van der Waals surface area (Å²) in [6.45, 7) is 9.06. The molecule has 0 unspecified atom stereocenters. The Morgan fingerprint density at radius 2 is 1.81 bits per heavy atom. The molecule has 2 fully saturated rings. The number of amides is 1. The Bertz CT molecular complexity index is 1960. The monoisotopic (exact) mass is 759 g/mol. The molecule has 12 heteroatoms. The third-order valence-electron chi connectivity index (χ3n) is 10.5. The summed E-state index contributed by atoms with van der Waals surface area (Å²) in [4.78, 5) is 24.5. The van der Waals surface area contributed by atoms with E-state index in [9.17, 15) is 4.79 Å². The number of rotatable bonds is 11. The molecule has 53 heavy (non-hydrogen) atoms. The Balaban J connectivity index is 1.32. The van der Waals surface area contributed by atoms with Crippen LogP contribution in [0.3, 0.4) is 0 Å². The van der Waals surface area contributed by atoms with Crippen LogP contribution in [0, 0.1) is 5.41 Å². The van der Waals surface area contributed by atoms with E-state index >= 15 is 0 Å². The number of anilines is 2. The third kappa shape index (κ3) is 8.35. The van der Waals surface area contributed by atoms with Gasteiger partial charge in [0.15, 0.2) is 0 Å². The molecule has 0 bridgehead atoms. The summed E-state index contributed by atoms with van der Waals surface area (Å²) < 4.78 is 24.9. The first-order valence-electron chi connectivity index (χ1n) is 17.9. The summed E-state index contributed by atoms with van der Waals surface area (Å²) in [5.41, 5.74) is 5.90. The quantitative estimate of drug-likeness (QED) is 0.194. The maximum atomic E-state index is 12.7. The van der Waals surface area contributed by atoms with Gasteiger partial charge in [0.2, 0.25) is 5.91 Å². The average Bonchev–Trinajstić information content (AvgIpc) is 3.66. The summed E-state index contributed by atoms with van der Waals surface area (Å²) in [7, 11) is 4.89. The van der Waals surface area contributed by atoms with Crippen LogP contribution in [0.1, 0.15) is 62.5 Å². The van der Waals surface area contributed by atoms with Gasteiger partial charge in [0.1, 0.15) is 17.3 Å². The molecular formula is C41H47Cl2N5O5. The molecule has 1 spiro atoms. The molecule has 0 radical (unpaired) electrons. The van der Waals surface area contributed by atoms with Crippen molar-refractivity contribution in [1.29, 1.82) is 0 Å². The molecule has 0 atom stereocenters. The average molecular weight is 761 g/mol. The standard InChI is InChI=1S/C41H47Cl2N5O5/c1-6-31(38-32(42)25-30(50-3)8-9-35(51-4)39(38)43)40-45-16-19-48(40)29-10-15-44-28(24-29)22-27-23-33(46-37(49)7-2)34(26-36(27)52-5)47-17-11-41(12-18-47)13-20-53-21-14-41/h6-8,10,15-16,19,23-24,26H,2,9,11-14,17-18,20-22,25H2,1,3-5H3,(H,46,49)/b30-8+,31-6-,38-32+,39-35?. The number of hydrogen-bond donors (Lipinski definition) is 1. The lowest BCUT2D eigenvalue weighted by Gasteiger charge is -2.45. The summed E-state index contributed by atoms with van der Waals surface area (Å²) >= 11 is 14.0. The molecule has 1 aromatic carbocycles. The first-order valence-corrected chi connectivity index (χ1v) is 18.7. The van der Waals surface area contributed by atoms with Gasteiger partial charge >= 0.3 is 0 Å². The van der Waals surface area contributed by atoms with Crippen molar-refractivity contribution in [2.24, 2.45) is 5.41 Å². The van der Waals surface area contributed by atoms with Crippen molar-refractivity contribution in [2.45, 2.75) is 51.9 Å². The van der Waals surface area contributed by atoms with E-state index in [0.29, 0.717) is 51.9 Å². The topological polar surface area (TPSA) is 100.0 Å². The molecule has 10 nitrogen and oxygen atoms in total. The largest absolute Gasteiger partial charge is 0.501 e. The van der Waals surface area contributed by atoms with Crippen molar-refractivity contribution >= 4 is 46.1 Å². The number of aromatic nitrogens is 3. The van der Waals surface area contributed by atoms with Crippen LogP contribution in [0.25, 0.3) is 11.3 Å². The maximum absolute atomic E-state index is 12.7. The predicted molar refractivity (Wildman–Crippen MR) is 211 cm³/mol. The minimum atomic E-state index is -0.269. The van der Waals surface area contributed by atoms with Crippen LogP contribution in [0.5, 0.6) is 5.75 Å². The third-order valence-corrected chi connectivity index (χ3v) is 11.3. The van der Waals surface area contributed by atoms with Crippen molar-refractivity contribution < 1.29 is 23.7 Å². The van der Waals surface area contributed by atoms with Crippen LogP contribution in [-0.4, -0.2) is 68.1 Å². The molecule has 0 saturated carbocycles. The van der Waals surface area contributed by atoms with Crippen LogP contribution in [0.2, 0.25) is 0 Å². The lowest BCUT2D eigenvalue weighted by Crippen LogP contribution is -2.43. The second-order valence-corrected chi connectivity index (χ2v) is 14.3. The lowest BCUT2D eigenvalue weighted by atomic mass is 9.72. The first kappa shape index (κ1) is 38.2. The zero-order valence-electron chi connectivity index (χ0n) is 30.8. The number of carbonyl (C=O) groups excluding carboxylic acids is 1. The fourth-order valence-corrected chi connectivity index (χ4v) is 8.22. The highest BCUT2D eigenvalue weighted by atomic mass is 35.5. The molecule has 1 N–H and O–H groups in total. The summed E-state index contributed by atoms with van der Waals surface area (Å²) in [5.74, 6) is 2.40. The highest BCUT2D eigenvalue weighted by molar-refractivity contribution is 6.38. The number of hydrogen-bond acceptors (Lipinski definition) is 8. The predicted octanol–water partition coefficient (Wildman–Crippen LogP) is 8.71. The molecule has 280 valence electrons. The second kappa shape index (κ2) is 17.1. The molecule has 4 heterocycles. The molecule has 3 aromatic rings. The Hall–Kier alpha value is -4.51. The smallest absolute Gasteiger partial charge is 0.247 e. The van der Waals surface area contributed by atoms with Crippen molar-refractivity contribution in [3.05, 3.63) is 112 Å². The van der Waals surface area contributed by atoms with Gasteiger partial charge < -0.3 is 29.2 Å². The van der Waals surface area contributed by atoms with E-state index in [1.165, 1.54) is 6.08 Å². The van der Waals surface area contributed by atoms with Gasteiger partial charge in [0.25, 0.3) is 0 Å². The highest BCUT2D eigenvalue weighted by Gasteiger charge is 2.37. The summed E-state index contributed by atoms with van der Waals surface area (Å²) in [6, 6.07) is 7.98. The van der Waals surface area contributed by atoms with Crippen molar-refractivity contribution in [3.63, 3.8) is 0 Å². The summed E-state index contributed by atoms with van der Waals surface area (Å²) in [5, 5.41) is 4.00. The molecule has 2 saturated heterocycles. The zero-order chi connectivity index (χ0) is 37.5. The molecular weight excluding hydrogens is 713 g/mol. The molecule has 1 aliphatic carbocycles. The number of ether oxygens (including phenoxy) is 4. The zero-order valence-corrected chi connectivity index (χ0v) is 32.4. The van der Waals surface area contributed by atoms with E-state index < -0.39 is 0 Å². The van der Waals surface area contributed by atoms with Gasteiger partial charge in [-0.15, -0.1) is 0 Å². The Morgan fingerprint density at radius 1 is 1.04 bits per heavy atom. The minimum Gasteiger partial charge on any atom is -0.501 e. The Kier molecular flexibility index (Phi) is 12.3. The molecule has 6 rings (SSSR count). The van der Waals surface area contributed by atoms with E-state index in [-0.39, 0.29) is 5.91 Å². The van der Waals surface area contributed by atoms with Crippen molar-refractivity contribution in [1.82, 2.24) is 14.5 Å². The minimum absolute atomic E-state index is 0.269. The molecule has 2 aromatic heterocycles. The normalized spacial score (nSPS) is 20.3. The number of imidazole rings is 1. The number of nitrogens with one attached hydrogen (secondary N) is 1. The van der Waals surface area contributed by atoms with Gasteiger partial charge in [-0.2, -0.15) is 0 Å². The molecule has 1 amide bonds. The molecule has 3 aliphatic rings. The Labute approximate surface area is 321 Å². The van der Waals surface area contributed by atoms with E-state index in [1.54, 1.807) is 33.7 Å². The number of allylic oxidation sites excluding steroid dienone is 6. The number of carbonyl (C=O) groups is 1. The fourth-order valence-electron chi connectivity index (χ4n) is 7.48. The summed E-state index contributed by atoms with van der Waals surface area (Å²) in [6.07, 6.45) is 16.2. The van der Waals surface area contributed by atoms with Crippen LogP contribution >= 0.6 is 23.2 Å². The molecule has 2 aliphatic heterocycles. The fraction of sp³-hybridized carbons (Fsp3) is 0.390. The first-order chi connectivity index (χ1) is 25.7. The van der Waals surface area contributed by atoms with Gasteiger partial charge in [-0.25, -0.2) is 4.98 Å². The van der Waals surface area contributed by atoms with E-state index in [1.807, 2.05) is 54.1 Å². The highest BCUT2D eigenvalue weighted by Crippen LogP contribution is 2.44. The maximum Gasteiger partial charge on any atom is 0.247 e. The number of piperidine rings is 1. The van der Waals surface area contributed by atoms with Gasteiger partial charge in [-0.3, -0.25) is 14.3 Å². The van der Waals surface area contributed by atoms with Gasteiger partial charge in [-0.05, 0) is 68.4 Å². The lowest BCUT2D eigenvalue weighted by molar-refractivity contribution is -0.111. The van der Waals surface area contributed by atoms with Crippen LogP contribution in [0.15, 0.2) is 94.8 Å². The van der Waals surface area contributed by atoms with Crippen molar-refractivity contribution in [2.75, 3.05) is 57.8 Å². The van der Waals surface area contributed by atoms with E-state index in [4.69, 9.17) is 52.1 Å². The number of halogens is 2. The van der Waals surface area contributed by atoms with Gasteiger partial charge in [-0.1, -0.05) is 35.9 Å². The number of methoxy groups -OCH3 is 3. The van der Waals surface area contributed by atoms with E-state index in [2.05, 4.69) is 16.8 Å².